The third-order valence-electron chi connectivity index (χ3n) is 4.74. The first-order valence-electron chi connectivity index (χ1n) is 8.55. The van der Waals surface area contributed by atoms with Gasteiger partial charge in [-0.3, -0.25) is 14.9 Å². The van der Waals surface area contributed by atoms with Gasteiger partial charge in [0.25, 0.3) is 5.69 Å². The number of carbonyl (C=O) groups is 1. The molecule has 3 rings (SSSR count). The highest BCUT2D eigenvalue weighted by molar-refractivity contribution is 5.82. The zero-order chi connectivity index (χ0) is 18.5. The summed E-state index contributed by atoms with van der Waals surface area (Å²) < 4.78 is 0. The van der Waals surface area contributed by atoms with Crippen LogP contribution in [0.5, 0.6) is 0 Å². The summed E-state index contributed by atoms with van der Waals surface area (Å²) in [7, 11) is 0. The minimum Gasteiger partial charge on any atom is -0.396 e. The van der Waals surface area contributed by atoms with Gasteiger partial charge >= 0.3 is 0 Å². The van der Waals surface area contributed by atoms with Crippen molar-refractivity contribution in [3.63, 3.8) is 0 Å². The maximum Gasteiger partial charge on any atom is 0.292 e. The number of nitro groups is 1. The molecule has 0 heterocycles. The number of aliphatic hydroxyl groups is 1. The number of aryl methyl sites for hydroxylation is 1. The summed E-state index contributed by atoms with van der Waals surface area (Å²) in [6.07, 6.45) is 1.68. The molecular weight excluding hydrogens is 334 g/mol. The summed E-state index contributed by atoms with van der Waals surface area (Å²) >= 11 is 0. The van der Waals surface area contributed by atoms with Crippen molar-refractivity contribution in [2.45, 2.75) is 18.9 Å². The Bertz CT molecular complexity index is 809. The van der Waals surface area contributed by atoms with E-state index in [2.05, 4.69) is 10.6 Å². The molecule has 0 spiro atoms. The van der Waals surface area contributed by atoms with Crippen LogP contribution in [0.1, 0.15) is 23.6 Å². The van der Waals surface area contributed by atoms with Crippen LogP contribution in [0, 0.1) is 16.0 Å². The fourth-order valence-electron chi connectivity index (χ4n) is 3.40. The first-order chi connectivity index (χ1) is 12.6. The molecule has 0 bridgehead atoms. The van der Waals surface area contributed by atoms with E-state index in [1.165, 1.54) is 11.6 Å². The minimum atomic E-state index is -0.487. The number of para-hydroxylation sites is 2. The van der Waals surface area contributed by atoms with E-state index in [1.54, 1.807) is 18.2 Å². The molecule has 1 aliphatic carbocycles. The lowest BCUT2D eigenvalue weighted by Crippen LogP contribution is -2.40. The number of nitrogens with zero attached hydrogens (tertiary/aromatic N) is 1. The van der Waals surface area contributed by atoms with Gasteiger partial charge in [0.2, 0.25) is 5.91 Å². The number of amides is 1. The Kier molecular flexibility index (Phi) is 5.48. The summed E-state index contributed by atoms with van der Waals surface area (Å²) in [5.74, 6) is -0.316. The predicted octanol–water partition coefficient (Wildman–Crippen LogP) is 2.42. The van der Waals surface area contributed by atoms with E-state index < -0.39 is 4.92 Å². The molecule has 0 radical (unpaired) electrons. The van der Waals surface area contributed by atoms with Gasteiger partial charge in [-0.25, -0.2) is 0 Å². The van der Waals surface area contributed by atoms with Gasteiger partial charge in [0.05, 0.1) is 17.5 Å². The molecular formula is C19H21N3O4. The summed E-state index contributed by atoms with van der Waals surface area (Å²) in [4.78, 5) is 23.0. The van der Waals surface area contributed by atoms with Gasteiger partial charge in [0.1, 0.15) is 5.69 Å². The van der Waals surface area contributed by atoms with Gasteiger partial charge in [0, 0.05) is 18.6 Å². The largest absolute Gasteiger partial charge is 0.396 e. The second-order valence-electron chi connectivity index (χ2n) is 6.35. The van der Waals surface area contributed by atoms with Crippen LogP contribution >= 0.6 is 0 Å². The van der Waals surface area contributed by atoms with Crippen molar-refractivity contribution in [1.29, 1.82) is 0 Å². The number of hydrogen-bond donors (Lipinski definition) is 3. The summed E-state index contributed by atoms with van der Waals surface area (Å²) in [6.45, 7) is -0.0848. The first kappa shape index (κ1) is 17.9. The topological polar surface area (TPSA) is 104 Å². The second-order valence-corrected chi connectivity index (χ2v) is 6.35. The van der Waals surface area contributed by atoms with E-state index in [9.17, 15) is 20.0 Å². The van der Waals surface area contributed by atoms with Crippen LogP contribution in [0.2, 0.25) is 0 Å². The summed E-state index contributed by atoms with van der Waals surface area (Å²) in [5.41, 5.74) is 2.43. The highest BCUT2D eigenvalue weighted by Crippen LogP contribution is 2.34. The molecule has 2 atom stereocenters. The fraction of sp³-hybridized carbons (Fsp3) is 0.316. The number of aliphatic hydroxyl groups excluding tert-OH is 1. The highest BCUT2D eigenvalue weighted by Gasteiger charge is 2.30. The van der Waals surface area contributed by atoms with Crippen LogP contribution in [0.25, 0.3) is 0 Å². The van der Waals surface area contributed by atoms with Crippen LogP contribution in [0.4, 0.5) is 11.4 Å². The van der Waals surface area contributed by atoms with E-state index >= 15 is 0 Å². The smallest absolute Gasteiger partial charge is 0.292 e. The van der Waals surface area contributed by atoms with Crippen molar-refractivity contribution in [2.75, 3.05) is 18.5 Å². The SMILES string of the molecule is O=C(CNc1ccccc1[N+](=O)[O-])NC1c2ccccc2CCC1CO. The van der Waals surface area contributed by atoms with Gasteiger partial charge in [-0.15, -0.1) is 0 Å². The van der Waals surface area contributed by atoms with Crippen LogP contribution in [0.3, 0.4) is 0 Å². The van der Waals surface area contributed by atoms with Crippen molar-refractivity contribution in [2.24, 2.45) is 5.92 Å². The van der Waals surface area contributed by atoms with Gasteiger partial charge in [-0.1, -0.05) is 36.4 Å². The molecule has 2 aromatic rings. The maximum absolute atomic E-state index is 12.4. The van der Waals surface area contributed by atoms with Crippen molar-refractivity contribution < 1.29 is 14.8 Å². The van der Waals surface area contributed by atoms with Crippen LogP contribution in [-0.2, 0) is 11.2 Å². The monoisotopic (exact) mass is 355 g/mol. The number of nitro benzene ring substituents is 1. The standard InChI is InChI=1S/C19H21N3O4/c23-12-14-10-9-13-5-1-2-6-15(13)19(14)21-18(24)11-20-16-7-3-4-8-17(16)22(25)26/h1-8,14,19-20,23H,9-12H2,(H,21,24). The van der Waals surface area contributed by atoms with Crippen LogP contribution < -0.4 is 10.6 Å². The van der Waals surface area contributed by atoms with Crippen molar-refractivity contribution >= 4 is 17.3 Å². The van der Waals surface area contributed by atoms with E-state index in [-0.39, 0.29) is 36.7 Å². The number of hydrogen-bond acceptors (Lipinski definition) is 5. The van der Waals surface area contributed by atoms with Crippen LogP contribution in [-0.4, -0.2) is 29.1 Å². The van der Waals surface area contributed by atoms with E-state index in [0.29, 0.717) is 5.69 Å². The predicted molar refractivity (Wildman–Crippen MR) is 97.8 cm³/mol. The van der Waals surface area contributed by atoms with E-state index in [1.807, 2.05) is 24.3 Å². The van der Waals surface area contributed by atoms with Crippen molar-refractivity contribution in [1.82, 2.24) is 5.32 Å². The maximum atomic E-state index is 12.4. The summed E-state index contributed by atoms with van der Waals surface area (Å²) in [6, 6.07) is 13.8. The molecule has 0 aliphatic heterocycles. The van der Waals surface area contributed by atoms with Crippen LogP contribution in [0.15, 0.2) is 48.5 Å². The molecule has 0 fully saturated rings. The first-order valence-corrected chi connectivity index (χ1v) is 8.55. The zero-order valence-electron chi connectivity index (χ0n) is 14.2. The third kappa shape index (κ3) is 3.83. The molecule has 7 heteroatoms. The number of fused-ring (bicyclic) bond motifs is 1. The van der Waals surface area contributed by atoms with E-state index in [4.69, 9.17) is 0 Å². The highest BCUT2D eigenvalue weighted by atomic mass is 16.6. The number of benzene rings is 2. The molecule has 26 heavy (non-hydrogen) atoms. The molecule has 1 amide bonds. The summed E-state index contributed by atoms with van der Waals surface area (Å²) in [5, 5.41) is 26.5. The van der Waals surface area contributed by atoms with Gasteiger partial charge in [-0.2, -0.15) is 0 Å². The Labute approximate surface area is 151 Å². The molecule has 1 aliphatic rings. The normalized spacial score (nSPS) is 18.7. The minimum absolute atomic E-state index is 0.00311. The lowest BCUT2D eigenvalue weighted by atomic mass is 9.80. The molecule has 7 nitrogen and oxygen atoms in total. The molecule has 0 saturated heterocycles. The molecule has 3 N–H and O–H groups in total. The zero-order valence-corrected chi connectivity index (χ0v) is 14.2. The van der Waals surface area contributed by atoms with Crippen molar-refractivity contribution in [3.8, 4) is 0 Å². The lowest BCUT2D eigenvalue weighted by molar-refractivity contribution is -0.383. The average Bonchev–Trinajstić information content (AvgIpc) is 2.66. The molecule has 2 unspecified atom stereocenters. The Hall–Kier alpha value is -2.93. The Morgan fingerprint density at radius 1 is 1.19 bits per heavy atom. The van der Waals surface area contributed by atoms with Crippen molar-refractivity contribution in [3.05, 3.63) is 69.8 Å². The van der Waals surface area contributed by atoms with Gasteiger partial charge < -0.3 is 15.7 Å². The molecule has 0 aromatic heterocycles. The average molecular weight is 355 g/mol. The number of anilines is 1. The Morgan fingerprint density at radius 3 is 2.69 bits per heavy atom. The Balaban J connectivity index is 1.69. The van der Waals surface area contributed by atoms with E-state index in [0.717, 1.165) is 18.4 Å². The molecule has 136 valence electrons. The molecule has 2 aromatic carbocycles. The van der Waals surface area contributed by atoms with Gasteiger partial charge in [0.15, 0.2) is 0 Å². The number of carbonyl (C=O) groups excluding carboxylic acids is 1. The quantitative estimate of drug-likeness (QED) is 0.545. The Morgan fingerprint density at radius 2 is 1.92 bits per heavy atom. The fourth-order valence-corrected chi connectivity index (χ4v) is 3.40. The number of nitrogens with one attached hydrogen (secondary N) is 2. The molecule has 0 saturated carbocycles. The van der Waals surface area contributed by atoms with Gasteiger partial charge in [-0.05, 0) is 30.0 Å². The number of rotatable bonds is 6. The lowest BCUT2D eigenvalue weighted by Gasteiger charge is -2.33. The third-order valence-corrected chi connectivity index (χ3v) is 4.74. The second kappa shape index (κ2) is 7.97.